The Morgan fingerprint density at radius 1 is 1.00 bits per heavy atom. The zero-order chi connectivity index (χ0) is 17.8. The Balaban J connectivity index is 3.28. The highest BCUT2D eigenvalue weighted by atomic mass is 32.4. The SMILES string of the molecule is CCP1(=S)C[C@@H](OC(C)=O)[C@H](OC)[C@@H](OC(C)=O)[C@H]1OC(C)=O. The third-order valence-electron chi connectivity index (χ3n) is 3.64. The predicted octanol–water partition coefficient (Wildman–Crippen LogP) is 1.27. The molecule has 9 heteroatoms. The lowest BCUT2D eigenvalue weighted by atomic mass is 10.1. The molecule has 5 atom stereocenters. The van der Waals surface area contributed by atoms with E-state index in [0.29, 0.717) is 12.3 Å². The summed E-state index contributed by atoms with van der Waals surface area (Å²) in [6, 6.07) is -2.28. The van der Waals surface area contributed by atoms with Gasteiger partial charge in [0, 0.05) is 40.1 Å². The fourth-order valence-corrected chi connectivity index (χ4v) is 6.47. The van der Waals surface area contributed by atoms with Gasteiger partial charge < -0.3 is 18.9 Å². The molecule has 1 unspecified atom stereocenters. The molecule has 1 heterocycles. The lowest BCUT2D eigenvalue weighted by molar-refractivity contribution is -0.184. The smallest absolute Gasteiger partial charge is 0.303 e. The lowest BCUT2D eigenvalue weighted by Crippen LogP contribution is -2.56. The normalized spacial score (nSPS) is 33.6. The molecule has 0 aromatic carbocycles. The fraction of sp³-hybridized carbons (Fsp3) is 0.786. The first-order valence-electron chi connectivity index (χ1n) is 7.26. The molecule has 7 nitrogen and oxygen atoms in total. The number of hydrogen-bond acceptors (Lipinski definition) is 8. The molecule has 0 radical (unpaired) electrons. The number of rotatable bonds is 5. The Morgan fingerprint density at radius 2 is 1.52 bits per heavy atom. The standard InChI is InChI=1S/C14H23O7PS/c1-6-22(23)7-11(19-8(2)15)12(18-5)13(20-9(3)16)14(22)21-10(4)17/h11-14H,6-7H2,1-5H3/t11-,12+,13-,14+,22?/m1/s1. The van der Waals surface area contributed by atoms with Gasteiger partial charge in [0.25, 0.3) is 0 Å². The summed E-state index contributed by atoms with van der Waals surface area (Å²) in [4.78, 5) is 34.3. The van der Waals surface area contributed by atoms with E-state index < -0.39 is 48.1 Å². The monoisotopic (exact) mass is 366 g/mol. The van der Waals surface area contributed by atoms with Crippen LogP contribution in [0.25, 0.3) is 0 Å². The van der Waals surface area contributed by atoms with Crippen molar-refractivity contribution in [2.75, 3.05) is 19.4 Å². The van der Waals surface area contributed by atoms with Crippen molar-refractivity contribution in [2.24, 2.45) is 0 Å². The number of ether oxygens (including phenoxy) is 4. The summed E-state index contributed by atoms with van der Waals surface area (Å²) in [6.45, 7) is 5.71. The summed E-state index contributed by atoms with van der Waals surface area (Å²) in [7, 11) is 1.42. The van der Waals surface area contributed by atoms with Gasteiger partial charge in [0.05, 0.1) is 0 Å². The summed E-state index contributed by atoms with van der Waals surface area (Å²) in [5, 5.41) is 0. The van der Waals surface area contributed by atoms with Crippen molar-refractivity contribution in [2.45, 2.75) is 51.9 Å². The van der Waals surface area contributed by atoms with Crippen LogP contribution >= 0.6 is 6.04 Å². The summed E-state index contributed by atoms with van der Waals surface area (Å²) >= 11 is 5.75. The molecule has 0 amide bonds. The van der Waals surface area contributed by atoms with Crippen LogP contribution in [-0.4, -0.2) is 61.5 Å². The Kier molecular flexibility index (Phi) is 7.17. The van der Waals surface area contributed by atoms with Gasteiger partial charge in [-0.2, -0.15) is 0 Å². The minimum atomic E-state index is -2.28. The number of carbonyl (C=O) groups is 3. The third-order valence-corrected chi connectivity index (χ3v) is 8.86. The van der Waals surface area contributed by atoms with Crippen molar-refractivity contribution in [1.29, 1.82) is 0 Å². The molecular weight excluding hydrogens is 343 g/mol. The first-order valence-corrected chi connectivity index (χ1v) is 10.5. The average molecular weight is 366 g/mol. The topological polar surface area (TPSA) is 88.1 Å². The molecule has 0 aromatic rings. The van der Waals surface area contributed by atoms with E-state index >= 15 is 0 Å². The number of esters is 3. The highest BCUT2D eigenvalue weighted by Crippen LogP contribution is 2.58. The molecule has 1 fully saturated rings. The average Bonchev–Trinajstić information content (AvgIpc) is 2.42. The van der Waals surface area contributed by atoms with Crippen molar-refractivity contribution in [3.8, 4) is 0 Å². The van der Waals surface area contributed by atoms with Gasteiger partial charge in [-0.1, -0.05) is 18.7 Å². The van der Waals surface area contributed by atoms with Gasteiger partial charge in [-0.15, -0.1) is 0 Å². The quantitative estimate of drug-likeness (QED) is 0.408. The maximum absolute atomic E-state index is 11.5. The molecule has 1 saturated heterocycles. The molecule has 0 N–H and O–H groups in total. The Labute approximate surface area is 141 Å². The molecule has 0 aliphatic carbocycles. The molecule has 132 valence electrons. The van der Waals surface area contributed by atoms with E-state index in [2.05, 4.69) is 0 Å². The molecule has 0 spiro atoms. The van der Waals surface area contributed by atoms with Gasteiger partial charge in [0.15, 0.2) is 11.9 Å². The molecule has 0 aromatic heterocycles. The van der Waals surface area contributed by atoms with Gasteiger partial charge in [-0.25, -0.2) is 0 Å². The van der Waals surface area contributed by atoms with E-state index in [1.165, 1.54) is 27.9 Å². The van der Waals surface area contributed by atoms with Gasteiger partial charge >= 0.3 is 17.9 Å². The summed E-state index contributed by atoms with van der Waals surface area (Å²) in [5.41, 5.74) is 0. The van der Waals surface area contributed by atoms with Gasteiger partial charge in [-0.3, -0.25) is 14.4 Å². The van der Waals surface area contributed by atoms with E-state index in [9.17, 15) is 14.4 Å². The van der Waals surface area contributed by atoms with Crippen molar-refractivity contribution in [1.82, 2.24) is 0 Å². The van der Waals surface area contributed by atoms with Gasteiger partial charge in [-0.05, 0) is 6.16 Å². The van der Waals surface area contributed by atoms with Gasteiger partial charge in [0.2, 0.25) is 0 Å². The van der Waals surface area contributed by atoms with Crippen LogP contribution in [0.3, 0.4) is 0 Å². The minimum absolute atomic E-state index is 0.368. The van der Waals surface area contributed by atoms with E-state index in [0.717, 1.165) is 0 Å². The van der Waals surface area contributed by atoms with Crippen LogP contribution in [0.4, 0.5) is 0 Å². The van der Waals surface area contributed by atoms with E-state index in [1.54, 1.807) is 0 Å². The lowest BCUT2D eigenvalue weighted by Gasteiger charge is -2.45. The summed E-state index contributed by atoms with van der Waals surface area (Å²) in [5.74, 6) is -2.27. The maximum Gasteiger partial charge on any atom is 0.303 e. The summed E-state index contributed by atoms with van der Waals surface area (Å²) in [6.07, 6.45) is -1.33. The first kappa shape index (κ1) is 20.1. The zero-order valence-corrected chi connectivity index (χ0v) is 15.6. The molecule has 1 aliphatic rings. The second kappa shape index (κ2) is 8.22. The van der Waals surface area contributed by atoms with Crippen LogP contribution < -0.4 is 0 Å². The van der Waals surface area contributed by atoms with Crippen LogP contribution in [-0.2, 0) is 45.1 Å². The van der Waals surface area contributed by atoms with Crippen LogP contribution in [0.5, 0.6) is 0 Å². The van der Waals surface area contributed by atoms with E-state index in [4.69, 9.17) is 30.8 Å². The van der Waals surface area contributed by atoms with E-state index in [1.807, 2.05) is 6.92 Å². The Hall–Kier alpha value is -0.980. The minimum Gasteiger partial charge on any atom is -0.459 e. The van der Waals surface area contributed by atoms with Gasteiger partial charge in [0.1, 0.15) is 12.2 Å². The predicted molar refractivity (Wildman–Crippen MR) is 87.2 cm³/mol. The second-order valence-electron chi connectivity index (χ2n) is 5.37. The summed E-state index contributed by atoms with van der Waals surface area (Å²) < 4.78 is 21.5. The fourth-order valence-electron chi connectivity index (χ4n) is 2.72. The third kappa shape index (κ3) is 4.99. The molecule has 23 heavy (non-hydrogen) atoms. The van der Waals surface area contributed by atoms with Crippen molar-refractivity contribution < 1.29 is 33.3 Å². The number of methoxy groups -OCH3 is 1. The van der Waals surface area contributed by atoms with Crippen molar-refractivity contribution in [3.05, 3.63) is 0 Å². The largest absolute Gasteiger partial charge is 0.459 e. The van der Waals surface area contributed by atoms with E-state index in [-0.39, 0.29) is 0 Å². The zero-order valence-electron chi connectivity index (χ0n) is 13.9. The molecule has 0 saturated carbocycles. The van der Waals surface area contributed by atoms with Crippen LogP contribution in [0.15, 0.2) is 0 Å². The highest BCUT2D eigenvalue weighted by molar-refractivity contribution is 8.15. The number of hydrogen-bond donors (Lipinski definition) is 0. The second-order valence-corrected chi connectivity index (χ2v) is 11.0. The molecule has 0 bridgehead atoms. The maximum atomic E-state index is 11.5. The molecule has 1 rings (SSSR count). The Morgan fingerprint density at radius 3 is 1.91 bits per heavy atom. The van der Waals surface area contributed by atoms with Crippen molar-refractivity contribution in [3.63, 3.8) is 0 Å². The van der Waals surface area contributed by atoms with Crippen molar-refractivity contribution >= 4 is 35.8 Å². The Bertz CT molecular complexity index is 521. The van der Waals surface area contributed by atoms with Crippen LogP contribution in [0, 0.1) is 0 Å². The van der Waals surface area contributed by atoms with Crippen LogP contribution in [0.2, 0.25) is 0 Å². The number of carbonyl (C=O) groups excluding carboxylic acids is 3. The highest BCUT2D eigenvalue weighted by Gasteiger charge is 2.53. The van der Waals surface area contributed by atoms with Crippen LogP contribution in [0.1, 0.15) is 27.7 Å². The molecule has 1 aliphatic heterocycles. The molecular formula is C14H23O7PS. The first-order chi connectivity index (χ1) is 10.6.